The normalized spacial score (nSPS) is 14.2. The van der Waals surface area contributed by atoms with Gasteiger partial charge in [-0.15, -0.1) is 0 Å². The lowest BCUT2D eigenvalue weighted by atomic mass is 10.1. The highest BCUT2D eigenvalue weighted by molar-refractivity contribution is 5.95. The molecule has 0 saturated carbocycles. The lowest BCUT2D eigenvalue weighted by Gasteiger charge is -2.23. The number of carbonyl (C=O) groups excluding carboxylic acids is 3. The first kappa shape index (κ1) is 23.2. The number of urea groups is 1. The number of aryl methyl sites for hydroxylation is 1. The number of halogens is 1. The molecular formula is C24H29FN4O3. The zero-order valence-electron chi connectivity index (χ0n) is 18.7. The number of nitrogens with zero attached hydrogens (tertiary/aromatic N) is 2. The molecule has 0 aliphatic carbocycles. The number of amides is 4. The number of nitrogens with one attached hydrogen (secondary N) is 2. The Labute approximate surface area is 187 Å². The minimum Gasteiger partial charge on any atom is -0.337 e. The molecule has 4 amide bonds. The highest BCUT2D eigenvalue weighted by Gasteiger charge is 2.23. The van der Waals surface area contributed by atoms with Gasteiger partial charge in [0.1, 0.15) is 5.82 Å². The van der Waals surface area contributed by atoms with Gasteiger partial charge in [-0.05, 0) is 55.3 Å². The van der Waals surface area contributed by atoms with Crippen molar-refractivity contribution in [1.29, 1.82) is 0 Å². The van der Waals surface area contributed by atoms with Gasteiger partial charge in [-0.2, -0.15) is 0 Å². The summed E-state index contributed by atoms with van der Waals surface area (Å²) in [6.07, 6.45) is 0.643. The quantitative estimate of drug-likeness (QED) is 0.751. The minimum atomic E-state index is -0.386. The molecule has 0 radical (unpaired) electrons. The van der Waals surface area contributed by atoms with E-state index in [0.29, 0.717) is 49.5 Å². The standard InChI is InChI=1S/C24H29FN4O3/c1-16(2)22(30)26-20-10-5-17(3)21(15-20)27-24(32)29-12-4-11-28(13-14-29)23(31)18-6-8-19(25)9-7-18/h5-10,15-16H,4,11-14H2,1-3H3,(H,26,30)(H,27,32). The van der Waals surface area contributed by atoms with Crippen molar-refractivity contribution in [3.63, 3.8) is 0 Å². The molecule has 0 aromatic heterocycles. The Kier molecular flexibility index (Phi) is 7.45. The average Bonchev–Trinajstić information content (AvgIpc) is 3.02. The number of benzene rings is 2. The Morgan fingerprint density at radius 3 is 2.25 bits per heavy atom. The molecule has 3 rings (SSSR count). The largest absolute Gasteiger partial charge is 0.337 e. The lowest BCUT2D eigenvalue weighted by Crippen LogP contribution is -2.39. The minimum absolute atomic E-state index is 0.0930. The fourth-order valence-electron chi connectivity index (χ4n) is 3.41. The Hall–Kier alpha value is -3.42. The zero-order valence-corrected chi connectivity index (χ0v) is 18.7. The van der Waals surface area contributed by atoms with Crippen molar-refractivity contribution in [3.05, 3.63) is 59.4 Å². The van der Waals surface area contributed by atoms with Crippen LogP contribution < -0.4 is 10.6 Å². The predicted octanol–water partition coefficient (Wildman–Crippen LogP) is 4.11. The van der Waals surface area contributed by atoms with Gasteiger partial charge in [0.15, 0.2) is 0 Å². The van der Waals surface area contributed by atoms with Gasteiger partial charge in [-0.25, -0.2) is 9.18 Å². The molecule has 2 aromatic rings. The summed E-state index contributed by atoms with van der Waals surface area (Å²) in [5.41, 5.74) is 2.56. The molecule has 1 saturated heterocycles. The molecule has 1 aliphatic rings. The number of rotatable bonds is 4. The molecule has 8 heteroatoms. The van der Waals surface area contributed by atoms with Gasteiger partial charge in [-0.3, -0.25) is 9.59 Å². The topological polar surface area (TPSA) is 81.8 Å². The Morgan fingerprint density at radius 2 is 1.56 bits per heavy atom. The maximum Gasteiger partial charge on any atom is 0.321 e. The van der Waals surface area contributed by atoms with E-state index in [1.165, 1.54) is 24.3 Å². The molecule has 32 heavy (non-hydrogen) atoms. The lowest BCUT2D eigenvalue weighted by molar-refractivity contribution is -0.118. The highest BCUT2D eigenvalue weighted by Crippen LogP contribution is 2.22. The van der Waals surface area contributed by atoms with E-state index in [9.17, 15) is 18.8 Å². The van der Waals surface area contributed by atoms with Crippen LogP contribution in [0.3, 0.4) is 0 Å². The van der Waals surface area contributed by atoms with Gasteiger partial charge in [0, 0.05) is 49.0 Å². The molecular weight excluding hydrogens is 411 g/mol. The zero-order chi connectivity index (χ0) is 23.3. The summed E-state index contributed by atoms with van der Waals surface area (Å²) in [4.78, 5) is 40.9. The maximum atomic E-state index is 13.1. The van der Waals surface area contributed by atoms with Gasteiger partial charge >= 0.3 is 6.03 Å². The highest BCUT2D eigenvalue weighted by atomic mass is 19.1. The fraction of sp³-hybridized carbons (Fsp3) is 0.375. The Balaban J connectivity index is 1.62. The van der Waals surface area contributed by atoms with E-state index in [4.69, 9.17) is 0 Å². The average molecular weight is 441 g/mol. The van der Waals surface area contributed by atoms with Crippen LogP contribution in [0.15, 0.2) is 42.5 Å². The van der Waals surface area contributed by atoms with E-state index in [1.54, 1.807) is 21.9 Å². The monoisotopic (exact) mass is 440 g/mol. The van der Waals surface area contributed by atoms with Gasteiger partial charge in [0.05, 0.1) is 0 Å². The van der Waals surface area contributed by atoms with Crippen molar-refractivity contribution < 1.29 is 18.8 Å². The molecule has 0 bridgehead atoms. The predicted molar refractivity (Wildman–Crippen MR) is 122 cm³/mol. The van der Waals surface area contributed by atoms with Crippen molar-refractivity contribution in [2.24, 2.45) is 5.92 Å². The van der Waals surface area contributed by atoms with Crippen LogP contribution in [0.25, 0.3) is 0 Å². The van der Waals surface area contributed by atoms with Crippen molar-refractivity contribution in [2.75, 3.05) is 36.8 Å². The number of hydrogen-bond acceptors (Lipinski definition) is 3. The third kappa shape index (κ3) is 5.84. The van der Waals surface area contributed by atoms with E-state index in [0.717, 1.165) is 5.56 Å². The van der Waals surface area contributed by atoms with Crippen LogP contribution in [0.1, 0.15) is 36.2 Å². The molecule has 1 fully saturated rings. The van der Waals surface area contributed by atoms with Crippen LogP contribution in [-0.2, 0) is 4.79 Å². The summed E-state index contributed by atoms with van der Waals surface area (Å²) < 4.78 is 13.1. The molecule has 2 aromatic carbocycles. The SMILES string of the molecule is Cc1ccc(NC(=O)C(C)C)cc1NC(=O)N1CCCN(C(=O)c2ccc(F)cc2)CC1. The van der Waals surface area contributed by atoms with Crippen molar-refractivity contribution in [2.45, 2.75) is 27.2 Å². The third-order valence-electron chi connectivity index (χ3n) is 5.43. The molecule has 0 spiro atoms. The van der Waals surface area contributed by atoms with Crippen molar-refractivity contribution in [3.8, 4) is 0 Å². The van der Waals surface area contributed by atoms with Crippen LogP contribution in [0.4, 0.5) is 20.6 Å². The van der Waals surface area contributed by atoms with E-state index in [-0.39, 0.29) is 29.6 Å². The van der Waals surface area contributed by atoms with E-state index in [2.05, 4.69) is 10.6 Å². The smallest absolute Gasteiger partial charge is 0.321 e. The van der Waals surface area contributed by atoms with Crippen LogP contribution >= 0.6 is 0 Å². The molecule has 0 unspecified atom stereocenters. The Bertz CT molecular complexity index is 991. The third-order valence-corrected chi connectivity index (χ3v) is 5.43. The molecule has 7 nitrogen and oxygen atoms in total. The first-order valence-electron chi connectivity index (χ1n) is 10.8. The molecule has 2 N–H and O–H groups in total. The van der Waals surface area contributed by atoms with Gasteiger partial charge in [0.25, 0.3) is 5.91 Å². The summed E-state index contributed by atoms with van der Waals surface area (Å²) in [6.45, 7) is 7.34. The summed E-state index contributed by atoms with van der Waals surface area (Å²) in [5.74, 6) is -0.795. The van der Waals surface area contributed by atoms with E-state index < -0.39 is 0 Å². The first-order valence-corrected chi connectivity index (χ1v) is 10.8. The summed E-state index contributed by atoms with van der Waals surface area (Å²) in [5, 5.41) is 5.76. The van der Waals surface area contributed by atoms with Gasteiger partial charge < -0.3 is 20.4 Å². The summed E-state index contributed by atoms with van der Waals surface area (Å²) >= 11 is 0. The van der Waals surface area contributed by atoms with Crippen molar-refractivity contribution in [1.82, 2.24) is 9.80 Å². The van der Waals surface area contributed by atoms with Gasteiger partial charge in [0.2, 0.25) is 5.91 Å². The summed E-state index contributed by atoms with van der Waals surface area (Å²) in [7, 11) is 0. The van der Waals surface area contributed by atoms with E-state index >= 15 is 0 Å². The van der Waals surface area contributed by atoms with Gasteiger partial charge in [-0.1, -0.05) is 19.9 Å². The first-order chi connectivity index (χ1) is 15.2. The number of hydrogen-bond donors (Lipinski definition) is 2. The maximum absolute atomic E-state index is 13.1. The molecule has 0 atom stereocenters. The van der Waals surface area contributed by atoms with Crippen LogP contribution in [0, 0.1) is 18.7 Å². The molecule has 170 valence electrons. The second-order valence-electron chi connectivity index (χ2n) is 8.24. The summed E-state index contributed by atoms with van der Waals surface area (Å²) in [6, 6.07) is 10.6. The number of carbonyl (C=O) groups is 3. The van der Waals surface area contributed by atoms with Crippen LogP contribution in [-0.4, -0.2) is 53.8 Å². The number of anilines is 2. The van der Waals surface area contributed by atoms with E-state index in [1.807, 2.05) is 26.8 Å². The Morgan fingerprint density at radius 1 is 0.906 bits per heavy atom. The second-order valence-corrected chi connectivity index (χ2v) is 8.24. The fourth-order valence-corrected chi connectivity index (χ4v) is 3.41. The molecule has 1 heterocycles. The second kappa shape index (κ2) is 10.3. The van der Waals surface area contributed by atoms with Crippen molar-refractivity contribution >= 4 is 29.2 Å². The van der Waals surface area contributed by atoms with Crippen LogP contribution in [0.5, 0.6) is 0 Å². The van der Waals surface area contributed by atoms with Crippen LogP contribution in [0.2, 0.25) is 0 Å². The molecule has 1 aliphatic heterocycles.